The molecule has 1 aliphatic rings. The number of piperidine rings is 1. The Morgan fingerprint density at radius 1 is 1.59 bits per heavy atom. The van der Waals surface area contributed by atoms with E-state index in [1.165, 1.54) is 11.3 Å². The van der Waals surface area contributed by atoms with E-state index in [0.29, 0.717) is 23.3 Å². The number of hydrogen-bond donors (Lipinski definition) is 0. The van der Waals surface area contributed by atoms with Gasteiger partial charge >= 0.3 is 6.09 Å². The lowest BCUT2D eigenvalue weighted by molar-refractivity contribution is 0.0219. The molecule has 2 atom stereocenters. The van der Waals surface area contributed by atoms with Crippen LogP contribution in [0.5, 0.6) is 0 Å². The van der Waals surface area contributed by atoms with Gasteiger partial charge in [-0.3, -0.25) is 4.21 Å². The molecule has 1 saturated heterocycles. The highest BCUT2D eigenvalue weighted by atomic mass is 35.5. The van der Waals surface area contributed by atoms with Gasteiger partial charge in [0.2, 0.25) is 0 Å². The van der Waals surface area contributed by atoms with Gasteiger partial charge in [0.1, 0.15) is 5.60 Å². The first kappa shape index (κ1) is 17.7. The molecule has 0 N–H and O–H groups in total. The summed E-state index contributed by atoms with van der Waals surface area (Å²) < 4.78 is 18.4. The topological polar surface area (TPSA) is 59.5 Å². The molecular weight excluding hydrogens is 344 g/mol. The van der Waals surface area contributed by atoms with Crippen LogP contribution in [0, 0.1) is 0 Å². The summed E-state index contributed by atoms with van der Waals surface area (Å²) in [6, 6.07) is 0. The molecule has 1 aliphatic heterocycles. The van der Waals surface area contributed by atoms with Crippen molar-refractivity contribution < 1.29 is 13.7 Å². The number of carbonyl (C=O) groups is 1. The lowest BCUT2D eigenvalue weighted by Gasteiger charge is -2.33. The summed E-state index contributed by atoms with van der Waals surface area (Å²) >= 11 is 7.15. The summed E-state index contributed by atoms with van der Waals surface area (Å²) in [5.41, 5.74) is -0.511. The van der Waals surface area contributed by atoms with Crippen LogP contribution in [-0.4, -0.2) is 44.1 Å². The number of thiazole rings is 1. The molecular formula is C14H21ClN2O3S2. The lowest BCUT2D eigenvalue weighted by Crippen LogP contribution is -2.46. The number of halogens is 1. The van der Waals surface area contributed by atoms with Gasteiger partial charge in [0.25, 0.3) is 0 Å². The second-order valence-corrected chi connectivity index (χ2v) is 9.71. The molecule has 0 bridgehead atoms. The van der Waals surface area contributed by atoms with Crippen molar-refractivity contribution in [3.63, 3.8) is 0 Å². The van der Waals surface area contributed by atoms with Crippen molar-refractivity contribution in [1.82, 2.24) is 9.88 Å². The van der Waals surface area contributed by atoms with E-state index < -0.39 is 16.4 Å². The molecule has 1 amide bonds. The fourth-order valence-electron chi connectivity index (χ4n) is 2.25. The SMILES string of the molecule is CC(C)(C)OC(=O)N1CCCC(S(=O)Cc2cnc(Cl)s2)C1. The Bertz CT molecular complexity index is 557. The van der Waals surface area contributed by atoms with E-state index >= 15 is 0 Å². The summed E-state index contributed by atoms with van der Waals surface area (Å²) in [5.74, 6) is 0.442. The summed E-state index contributed by atoms with van der Waals surface area (Å²) in [7, 11) is -1.04. The monoisotopic (exact) mass is 364 g/mol. The molecule has 22 heavy (non-hydrogen) atoms. The molecule has 0 radical (unpaired) electrons. The molecule has 1 fully saturated rings. The van der Waals surface area contributed by atoms with Crippen LogP contribution in [0.15, 0.2) is 6.20 Å². The second kappa shape index (κ2) is 7.27. The fraction of sp³-hybridized carbons (Fsp3) is 0.714. The highest BCUT2D eigenvalue weighted by molar-refractivity contribution is 7.85. The number of likely N-dealkylation sites (tertiary alicyclic amines) is 1. The van der Waals surface area contributed by atoms with Crippen molar-refractivity contribution in [2.24, 2.45) is 0 Å². The third-order valence-electron chi connectivity index (χ3n) is 3.21. The van der Waals surface area contributed by atoms with Crippen molar-refractivity contribution in [3.05, 3.63) is 15.5 Å². The number of rotatable bonds is 3. The summed E-state index contributed by atoms with van der Waals surface area (Å²) in [6.45, 7) is 6.68. The average molecular weight is 365 g/mol. The average Bonchev–Trinajstić information content (AvgIpc) is 2.82. The Hall–Kier alpha value is -0.660. The third-order valence-corrected chi connectivity index (χ3v) is 6.23. The maximum absolute atomic E-state index is 12.5. The predicted molar refractivity (Wildman–Crippen MR) is 89.8 cm³/mol. The van der Waals surface area contributed by atoms with Gasteiger partial charge in [0.05, 0.1) is 11.0 Å². The lowest BCUT2D eigenvalue weighted by atomic mass is 10.1. The Morgan fingerprint density at radius 3 is 2.91 bits per heavy atom. The first-order valence-electron chi connectivity index (χ1n) is 7.20. The maximum Gasteiger partial charge on any atom is 0.410 e. The van der Waals surface area contributed by atoms with Gasteiger partial charge in [-0.1, -0.05) is 11.6 Å². The number of hydrogen-bond acceptors (Lipinski definition) is 5. The summed E-state index contributed by atoms with van der Waals surface area (Å²) in [5, 5.41) is -0.0258. The molecule has 0 aliphatic carbocycles. The highest BCUT2D eigenvalue weighted by Crippen LogP contribution is 2.23. The van der Waals surface area contributed by atoms with E-state index in [1.807, 2.05) is 20.8 Å². The fourth-order valence-corrected chi connectivity index (χ4v) is 4.98. The summed E-state index contributed by atoms with van der Waals surface area (Å²) in [6.07, 6.45) is 3.05. The molecule has 2 unspecified atom stereocenters. The highest BCUT2D eigenvalue weighted by Gasteiger charge is 2.30. The smallest absolute Gasteiger partial charge is 0.410 e. The van der Waals surface area contributed by atoms with Gasteiger partial charge in [-0.15, -0.1) is 11.3 Å². The van der Waals surface area contributed by atoms with Crippen molar-refractivity contribution in [1.29, 1.82) is 0 Å². The van der Waals surface area contributed by atoms with E-state index in [1.54, 1.807) is 11.1 Å². The first-order valence-corrected chi connectivity index (χ1v) is 9.77. The first-order chi connectivity index (χ1) is 10.2. The zero-order valence-corrected chi connectivity index (χ0v) is 15.4. The minimum atomic E-state index is -1.04. The zero-order chi connectivity index (χ0) is 16.3. The van der Waals surface area contributed by atoms with E-state index in [9.17, 15) is 9.00 Å². The molecule has 1 aromatic rings. The summed E-state index contributed by atoms with van der Waals surface area (Å²) in [4.78, 5) is 18.7. The molecule has 5 nitrogen and oxygen atoms in total. The number of amides is 1. The molecule has 2 rings (SSSR count). The molecule has 2 heterocycles. The molecule has 0 saturated carbocycles. The van der Waals surface area contributed by atoms with Crippen molar-refractivity contribution in [3.8, 4) is 0 Å². The molecule has 1 aromatic heterocycles. The third kappa shape index (κ3) is 5.21. The largest absolute Gasteiger partial charge is 0.444 e. The van der Waals surface area contributed by atoms with Gasteiger partial charge in [0.15, 0.2) is 4.47 Å². The van der Waals surface area contributed by atoms with Crippen molar-refractivity contribution in [2.45, 2.75) is 50.2 Å². The van der Waals surface area contributed by atoms with Crippen LogP contribution in [-0.2, 0) is 21.3 Å². The molecule has 0 spiro atoms. The second-order valence-electron chi connectivity index (χ2n) is 6.30. The minimum Gasteiger partial charge on any atom is -0.444 e. The Morgan fingerprint density at radius 2 is 2.32 bits per heavy atom. The van der Waals surface area contributed by atoms with Gasteiger partial charge in [-0.2, -0.15) is 0 Å². The van der Waals surface area contributed by atoms with E-state index in [4.69, 9.17) is 16.3 Å². The molecule has 124 valence electrons. The standard InChI is InChI=1S/C14H21ClN2O3S2/c1-14(2,3)20-13(18)17-6-4-5-11(8-17)22(19)9-10-7-16-12(15)21-10/h7,11H,4-6,8-9H2,1-3H3. The van der Waals surface area contributed by atoms with Crippen LogP contribution in [0.1, 0.15) is 38.5 Å². The van der Waals surface area contributed by atoms with Crippen LogP contribution in [0.3, 0.4) is 0 Å². The van der Waals surface area contributed by atoms with Crippen LogP contribution in [0.4, 0.5) is 4.79 Å². The Kier molecular flexibility index (Phi) is 5.85. The predicted octanol–water partition coefficient (Wildman–Crippen LogP) is 3.44. The van der Waals surface area contributed by atoms with E-state index in [0.717, 1.165) is 17.7 Å². The van der Waals surface area contributed by atoms with Crippen LogP contribution in [0.25, 0.3) is 0 Å². The van der Waals surface area contributed by atoms with Gasteiger partial charge in [-0.25, -0.2) is 9.78 Å². The van der Waals surface area contributed by atoms with Gasteiger partial charge in [0, 0.05) is 35.0 Å². The van der Waals surface area contributed by atoms with E-state index in [2.05, 4.69) is 4.98 Å². The normalized spacial score (nSPS) is 20.7. The number of ether oxygens (including phenoxy) is 1. The maximum atomic E-state index is 12.5. The molecule has 8 heteroatoms. The van der Waals surface area contributed by atoms with Gasteiger partial charge in [-0.05, 0) is 33.6 Å². The van der Waals surface area contributed by atoms with Crippen LogP contribution >= 0.6 is 22.9 Å². The minimum absolute atomic E-state index is 0.0258. The van der Waals surface area contributed by atoms with Crippen LogP contribution in [0.2, 0.25) is 4.47 Å². The number of aromatic nitrogens is 1. The Labute approximate surface area is 142 Å². The zero-order valence-electron chi connectivity index (χ0n) is 13.0. The number of carbonyl (C=O) groups excluding carboxylic acids is 1. The quantitative estimate of drug-likeness (QED) is 0.824. The Balaban J connectivity index is 1.92. The van der Waals surface area contributed by atoms with Crippen molar-refractivity contribution in [2.75, 3.05) is 13.1 Å². The molecule has 0 aromatic carbocycles. The van der Waals surface area contributed by atoms with E-state index in [-0.39, 0.29) is 11.3 Å². The number of nitrogens with zero attached hydrogens (tertiary/aromatic N) is 2. The van der Waals surface area contributed by atoms with Gasteiger partial charge < -0.3 is 9.64 Å². The van der Waals surface area contributed by atoms with Crippen LogP contribution < -0.4 is 0 Å². The van der Waals surface area contributed by atoms with Crippen molar-refractivity contribution >= 4 is 39.8 Å².